The van der Waals surface area contributed by atoms with Crippen molar-refractivity contribution in [1.29, 1.82) is 0 Å². The van der Waals surface area contributed by atoms with Crippen molar-refractivity contribution in [3.05, 3.63) is 71.8 Å². The number of alkyl halides is 1. The molecule has 2 fully saturated rings. The Labute approximate surface area is 151 Å². The molecule has 1 unspecified atom stereocenters. The summed E-state index contributed by atoms with van der Waals surface area (Å²) in [7, 11) is 0. The Balaban J connectivity index is 1.40. The Kier molecular flexibility index (Phi) is 5.28. The highest BCUT2D eigenvalue weighted by Gasteiger charge is 2.50. The van der Waals surface area contributed by atoms with Crippen LogP contribution in [0, 0.1) is 0 Å². The topological polar surface area (TPSA) is 57.2 Å². The Morgan fingerprint density at radius 2 is 1.69 bits per heavy atom. The van der Waals surface area contributed by atoms with E-state index in [1.54, 1.807) is 0 Å². The average molecular weight is 360 g/mol. The third kappa shape index (κ3) is 3.65. The molecule has 26 heavy (non-hydrogen) atoms. The molecule has 6 heteroatoms. The van der Waals surface area contributed by atoms with Crippen molar-refractivity contribution in [3.8, 4) is 0 Å². The van der Waals surface area contributed by atoms with Crippen LogP contribution in [0.2, 0.25) is 0 Å². The highest BCUT2D eigenvalue weighted by Crippen LogP contribution is 2.35. The number of benzene rings is 2. The lowest BCUT2D eigenvalue weighted by Crippen LogP contribution is -2.60. The second kappa shape index (κ2) is 7.82. The number of halogens is 1. The third-order valence-corrected chi connectivity index (χ3v) is 4.62. The van der Waals surface area contributed by atoms with Crippen molar-refractivity contribution in [2.45, 2.75) is 43.7 Å². The van der Waals surface area contributed by atoms with Crippen LogP contribution in [0.3, 0.4) is 0 Å². The van der Waals surface area contributed by atoms with E-state index in [0.717, 1.165) is 11.1 Å². The van der Waals surface area contributed by atoms with Gasteiger partial charge in [0, 0.05) is 5.56 Å². The SMILES string of the molecule is O[C@H]1[C@H](OCc2ccccc2)O[C@@H]2COC(c3ccccc3)O[C@H]2[C@H]1F. The summed E-state index contributed by atoms with van der Waals surface area (Å²) in [5.74, 6) is 0. The summed E-state index contributed by atoms with van der Waals surface area (Å²) in [6, 6.07) is 18.8. The minimum absolute atomic E-state index is 0.169. The first-order valence-electron chi connectivity index (χ1n) is 8.67. The summed E-state index contributed by atoms with van der Waals surface area (Å²) in [6.45, 7) is 0.392. The van der Waals surface area contributed by atoms with E-state index in [1.807, 2.05) is 60.7 Å². The fraction of sp³-hybridized carbons (Fsp3) is 0.400. The highest BCUT2D eigenvalue weighted by molar-refractivity contribution is 5.17. The minimum atomic E-state index is -1.62. The summed E-state index contributed by atoms with van der Waals surface area (Å²) < 4.78 is 37.5. The standard InChI is InChI=1S/C20H21FO5/c21-16-17(22)20(23-11-13-7-3-1-4-8-13)25-15-12-24-19(26-18(15)16)14-9-5-2-6-10-14/h1-10,15-20,22H,11-12H2/t15-,16+,17-,18-,19?,20-/m1/s1. The molecule has 2 aromatic rings. The second-order valence-corrected chi connectivity index (χ2v) is 6.45. The van der Waals surface area contributed by atoms with Gasteiger partial charge >= 0.3 is 0 Å². The molecule has 2 heterocycles. The molecule has 0 aromatic heterocycles. The fourth-order valence-electron chi connectivity index (χ4n) is 3.22. The van der Waals surface area contributed by atoms with E-state index in [2.05, 4.69) is 0 Å². The van der Waals surface area contributed by atoms with Gasteiger partial charge in [0.25, 0.3) is 0 Å². The van der Waals surface area contributed by atoms with Crippen LogP contribution in [0.15, 0.2) is 60.7 Å². The molecule has 5 nitrogen and oxygen atoms in total. The molecule has 2 saturated heterocycles. The van der Waals surface area contributed by atoms with E-state index in [0.29, 0.717) is 0 Å². The van der Waals surface area contributed by atoms with Gasteiger partial charge in [-0.25, -0.2) is 4.39 Å². The summed E-state index contributed by atoms with van der Waals surface area (Å²) in [5.41, 5.74) is 1.72. The van der Waals surface area contributed by atoms with Crippen molar-refractivity contribution in [3.63, 3.8) is 0 Å². The van der Waals surface area contributed by atoms with Gasteiger partial charge in [-0.1, -0.05) is 60.7 Å². The Morgan fingerprint density at radius 1 is 1.00 bits per heavy atom. The van der Waals surface area contributed by atoms with Crippen LogP contribution in [0.25, 0.3) is 0 Å². The molecule has 138 valence electrons. The zero-order chi connectivity index (χ0) is 17.9. The maximum Gasteiger partial charge on any atom is 0.187 e. The number of hydrogen-bond acceptors (Lipinski definition) is 5. The number of aliphatic hydroxyl groups excluding tert-OH is 1. The molecule has 0 saturated carbocycles. The van der Waals surface area contributed by atoms with E-state index in [-0.39, 0.29) is 13.2 Å². The summed E-state index contributed by atoms with van der Waals surface area (Å²) in [5, 5.41) is 10.3. The molecular weight excluding hydrogens is 339 g/mol. The molecule has 0 radical (unpaired) electrons. The van der Waals surface area contributed by atoms with E-state index < -0.39 is 37.1 Å². The molecule has 0 amide bonds. The molecular formula is C20H21FO5. The Bertz CT molecular complexity index is 696. The van der Waals surface area contributed by atoms with Crippen LogP contribution in [-0.2, 0) is 25.6 Å². The first-order chi connectivity index (χ1) is 12.7. The van der Waals surface area contributed by atoms with Gasteiger partial charge in [-0.2, -0.15) is 0 Å². The lowest BCUT2D eigenvalue weighted by Gasteiger charge is -2.45. The van der Waals surface area contributed by atoms with Crippen LogP contribution in [0.4, 0.5) is 4.39 Å². The summed E-state index contributed by atoms with van der Waals surface area (Å²) >= 11 is 0. The Hall–Kier alpha value is -1.83. The van der Waals surface area contributed by atoms with Gasteiger partial charge in [0.05, 0.1) is 13.2 Å². The molecule has 0 aliphatic carbocycles. The Morgan fingerprint density at radius 3 is 2.42 bits per heavy atom. The quantitative estimate of drug-likeness (QED) is 0.909. The maximum atomic E-state index is 14.8. The normalized spacial score (nSPS) is 34.2. The smallest absolute Gasteiger partial charge is 0.187 e. The van der Waals surface area contributed by atoms with Crippen molar-refractivity contribution in [1.82, 2.24) is 0 Å². The molecule has 0 spiro atoms. The largest absolute Gasteiger partial charge is 0.385 e. The van der Waals surface area contributed by atoms with Gasteiger partial charge in [0.1, 0.15) is 18.3 Å². The average Bonchev–Trinajstić information content (AvgIpc) is 2.71. The van der Waals surface area contributed by atoms with Gasteiger partial charge in [0.15, 0.2) is 18.8 Å². The first-order valence-corrected chi connectivity index (χ1v) is 8.67. The van der Waals surface area contributed by atoms with E-state index >= 15 is 0 Å². The molecule has 6 atom stereocenters. The van der Waals surface area contributed by atoms with Crippen LogP contribution in [0.1, 0.15) is 17.4 Å². The molecule has 2 aromatic carbocycles. The van der Waals surface area contributed by atoms with Crippen LogP contribution in [-0.4, -0.2) is 42.5 Å². The van der Waals surface area contributed by atoms with Crippen LogP contribution < -0.4 is 0 Å². The number of rotatable bonds is 4. The van der Waals surface area contributed by atoms with E-state index in [9.17, 15) is 9.50 Å². The lowest BCUT2D eigenvalue weighted by atomic mass is 9.99. The molecule has 1 N–H and O–H groups in total. The molecule has 2 aliphatic rings. The summed E-state index contributed by atoms with van der Waals surface area (Å²) in [4.78, 5) is 0. The maximum absolute atomic E-state index is 14.8. The highest BCUT2D eigenvalue weighted by atomic mass is 19.1. The van der Waals surface area contributed by atoms with E-state index in [1.165, 1.54) is 0 Å². The number of hydrogen-bond donors (Lipinski definition) is 1. The molecule has 0 bridgehead atoms. The van der Waals surface area contributed by atoms with Gasteiger partial charge in [0.2, 0.25) is 0 Å². The van der Waals surface area contributed by atoms with Crippen LogP contribution in [0.5, 0.6) is 0 Å². The second-order valence-electron chi connectivity index (χ2n) is 6.45. The number of fused-ring (bicyclic) bond motifs is 1. The van der Waals surface area contributed by atoms with Crippen molar-refractivity contribution < 1.29 is 28.4 Å². The summed E-state index contributed by atoms with van der Waals surface area (Å²) in [6.07, 6.45) is -6.31. The predicted molar refractivity (Wildman–Crippen MR) is 90.8 cm³/mol. The van der Waals surface area contributed by atoms with Crippen LogP contribution >= 0.6 is 0 Å². The first kappa shape index (κ1) is 17.6. The monoisotopic (exact) mass is 360 g/mol. The van der Waals surface area contributed by atoms with Crippen molar-refractivity contribution in [2.75, 3.05) is 6.61 Å². The fourth-order valence-corrected chi connectivity index (χ4v) is 3.22. The van der Waals surface area contributed by atoms with Gasteiger partial charge in [-0.3, -0.25) is 0 Å². The zero-order valence-corrected chi connectivity index (χ0v) is 14.1. The number of ether oxygens (including phenoxy) is 4. The third-order valence-electron chi connectivity index (χ3n) is 4.62. The zero-order valence-electron chi connectivity index (χ0n) is 14.1. The van der Waals surface area contributed by atoms with Gasteiger partial charge < -0.3 is 24.1 Å². The lowest BCUT2D eigenvalue weighted by molar-refractivity contribution is -0.355. The molecule has 2 aliphatic heterocycles. The van der Waals surface area contributed by atoms with E-state index in [4.69, 9.17) is 18.9 Å². The van der Waals surface area contributed by atoms with Crippen molar-refractivity contribution in [2.24, 2.45) is 0 Å². The van der Waals surface area contributed by atoms with Gasteiger partial charge in [-0.15, -0.1) is 0 Å². The van der Waals surface area contributed by atoms with Gasteiger partial charge in [-0.05, 0) is 5.56 Å². The number of aliphatic hydroxyl groups is 1. The van der Waals surface area contributed by atoms with Crippen molar-refractivity contribution >= 4 is 0 Å². The minimum Gasteiger partial charge on any atom is -0.385 e. The molecule has 4 rings (SSSR count). The predicted octanol–water partition coefficient (Wildman–Crippen LogP) is 2.74.